The van der Waals surface area contributed by atoms with E-state index in [-0.39, 0.29) is 10.6 Å². The summed E-state index contributed by atoms with van der Waals surface area (Å²) in [7, 11) is 0.403. The van der Waals surface area contributed by atoms with Crippen LogP contribution in [-0.4, -0.2) is 66.1 Å². The van der Waals surface area contributed by atoms with Gasteiger partial charge >= 0.3 is 0 Å². The Kier molecular flexibility index (Phi) is 7.54. The Morgan fingerprint density at radius 2 is 2.03 bits per heavy atom. The number of hydrogen-bond acceptors (Lipinski definition) is 8. The molecular weight excluding hydrogens is 462 g/mol. The molecule has 0 saturated carbocycles. The number of hydrogen-bond donors (Lipinski definition) is 2. The molecule has 0 atom stereocenters. The summed E-state index contributed by atoms with van der Waals surface area (Å²) in [6.07, 6.45) is 3.33. The van der Waals surface area contributed by atoms with Gasteiger partial charge in [-0.25, -0.2) is 0 Å². The largest absolute Gasteiger partial charge is 0.490 e. The molecule has 3 aromatic rings. The molecule has 11 nitrogen and oxygen atoms in total. The van der Waals surface area contributed by atoms with E-state index in [4.69, 9.17) is 14.4 Å². The Hall–Kier alpha value is -3.48. The van der Waals surface area contributed by atoms with Gasteiger partial charge < -0.3 is 15.0 Å². The number of nitro benzene ring substituents is 1. The molecule has 0 radical (unpaired) electrons. The van der Waals surface area contributed by atoms with Crippen LogP contribution in [0.15, 0.2) is 43.0 Å². The highest BCUT2D eigenvalue weighted by Gasteiger charge is 2.29. The maximum Gasteiger partial charge on any atom is 0.293 e. The zero-order valence-corrected chi connectivity index (χ0v) is 20.0. The maximum absolute atomic E-state index is 11.6. The second-order valence-electron chi connectivity index (χ2n) is 8.00. The van der Waals surface area contributed by atoms with Gasteiger partial charge in [0.1, 0.15) is 23.7 Å². The van der Waals surface area contributed by atoms with Crippen molar-refractivity contribution in [1.82, 2.24) is 14.7 Å². The monoisotopic (exact) mass is 489 g/mol. The molecule has 34 heavy (non-hydrogen) atoms. The van der Waals surface area contributed by atoms with E-state index in [0.717, 1.165) is 47.4 Å². The summed E-state index contributed by atoms with van der Waals surface area (Å²) in [5.41, 5.74) is 3.81. The van der Waals surface area contributed by atoms with Crippen molar-refractivity contribution in [1.29, 1.82) is 0 Å². The van der Waals surface area contributed by atoms with Crippen molar-refractivity contribution in [2.75, 3.05) is 38.8 Å². The van der Waals surface area contributed by atoms with Crippen LogP contribution in [0.2, 0.25) is 0 Å². The second-order valence-corrected chi connectivity index (χ2v) is 9.47. The topological polar surface area (TPSA) is 140 Å². The predicted octanol–water partition coefficient (Wildman–Crippen LogP) is 3.69. The van der Waals surface area contributed by atoms with Crippen molar-refractivity contribution in [3.8, 4) is 17.0 Å². The molecule has 182 valence electrons. The van der Waals surface area contributed by atoms with E-state index in [0.29, 0.717) is 24.3 Å². The van der Waals surface area contributed by atoms with Crippen molar-refractivity contribution in [2.24, 2.45) is 0 Å². The highest BCUT2D eigenvalue weighted by molar-refractivity contribution is 7.85. The zero-order chi connectivity index (χ0) is 25.0. The average molecular weight is 490 g/mol. The first-order valence-corrected chi connectivity index (χ1v) is 12.2. The minimum Gasteiger partial charge on any atom is -0.490 e. The number of nitrogens with one attached hydrogen (secondary N) is 1. The van der Waals surface area contributed by atoms with E-state index in [1.807, 2.05) is 37.0 Å². The van der Waals surface area contributed by atoms with Gasteiger partial charge in [-0.1, -0.05) is 12.7 Å². The number of fused-ring (bicyclic) bond motifs is 2. The lowest BCUT2D eigenvalue weighted by atomic mass is 9.99. The van der Waals surface area contributed by atoms with Gasteiger partial charge in [0.15, 0.2) is 0 Å². The van der Waals surface area contributed by atoms with Crippen LogP contribution in [0.3, 0.4) is 0 Å². The number of anilines is 2. The lowest BCUT2D eigenvalue weighted by Crippen LogP contribution is -2.15. The summed E-state index contributed by atoms with van der Waals surface area (Å²) >= 11 is 0. The molecule has 1 aromatic heterocycles. The Balaban J connectivity index is 0.000000588. The maximum atomic E-state index is 11.6. The number of nitro groups is 1. The molecule has 0 fully saturated rings. The van der Waals surface area contributed by atoms with Gasteiger partial charge in [-0.15, -0.1) is 0 Å². The molecule has 1 aliphatic heterocycles. The smallest absolute Gasteiger partial charge is 0.293 e. The molecule has 0 saturated heterocycles. The molecular formula is C22H27N5O6S. The van der Waals surface area contributed by atoms with Gasteiger partial charge in [-0.3, -0.25) is 19.3 Å². The summed E-state index contributed by atoms with van der Waals surface area (Å²) in [5, 5.41) is 20.5. The Morgan fingerprint density at radius 3 is 2.65 bits per heavy atom. The van der Waals surface area contributed by atoms with Crippen molar-refractivity contribution in [2.45, 2.75) is 13.0 Å². The number of benzene rings is 2. The van der Waals surface area contributed by atoms with Crippen LogP contribution in [0.4, 0.5) is 17.1 Å². The van der Waals surface area contributed by atoms with Gasteiger partial charge in [-0.2, -0.15) is 13.5 Å². The Labute approximate surface area is 197 Å². The predicted molar refractivity (Wildman–Crippen MR) is 131 cm³/mol. The summed E-state index contributed by atoms with van der Waals surface area (Å²) in [5.74, 6) is 0.703. The molecule has 12 heteroatoms. The molecule has 2 heterocycles. The first-order chi connectivity index (χ1) is 16.0. The van der Waals surface area contributed by atoms with Gasteiger partial charge in [0.25, 0.3) is 15.8 Å². The van der Waals surface area contributed by atoms with Crippen LogP contribution in [0, 0.1) is 10.1 Å². The first kappa shape index (κ1) is 25.1. The van der Waals surface area contributed by atoms with Gasteiger partial charge in [0.05, 0.1) is 22.1 Å². The van der Waals surface area contributed by atoms with Crippen LogP contribution in [0.5, 0.6) is 5.75 Å². The fraction of sp³-hybridized carbons (Fsp3) is 0.318. The van der Waals surface area contributed by atoms with Crippen LogP contribution >= 0.6 is 0 Å². The van der Waals surface area contributed by atoms with Crippen molar-refractivity contribution >= 4 is 38.1 Å². The third kappa shape index (κ3) is 5.90. The molecule has 0 bridgehead atoms. The van der Waals surface area contributed by atoms with E-state index in [1.54, 1.807) is 18.2 Å². The fourth-order valence-electron chi connectivity index (χ4n) is 3.64. The lowest BCUT2D eigenvalue weighted by Gasteiger charge is -2.18. The fourth-order valence-corrected chi connectivity index (χ4v) is 3.64. The molecule has 0 spiro atoms. The van der Waals surface area contributed by atoms with Gasteiger partial charge in [0, 0.05) is 23.9 Å². The third-order valence-electron chi connectivity index (χ3n) is 4.94. The molecule has 0 aliphatic carbocycles. The van der Waals surface area contributed by atoms with Crippen LogP contribution < -0.4 is 10.1 Å². The highest BCUT2D eigenvalue weighted by atomic mass is 32.2. The van der Waals surface area contributed by atoms with E-state index in [9.17, 15) is 18.5 Å². The quantitative estimate of drug-likeness (QED) is 0.164. The van der Waals surface area contributed by atoms with Gasteiger partial charge in [-0.05, 0) is 51.3 Å². The number of rotatable bonds is 8. The lowest BCUT2D eigenvalue weighted by molar-refractivity contribution is -0.383. The van der Waals surface area contributed by atoms with Crippen molar-refractivity contribution in [3.63, 3.8) is 0 Å². The number of aryl methyl sites for hydroxylation is 1. The number of nitrogens with zero attached hydrogens (tertiary/aromatic N) is 4. The molecule has 0 unspecified atom stereocenters. The third-order valence-corrected chi connectivity index (χ3v) is 4.94. The average Bonchev–Trinajstić information content (AvgIpc) is 3.11. The summed E-state index contributed by atoms with van der Waals surface area (Å²) in [6, 6.07) is 8.95. The minimum absolute atomic E-state index is 0.0456. The summed E-state index contributed by atoms with van der Waals surface area (Å²) < 4.78 is 33.5. The SMILES string of the molecule is C=CCOc1ccc2c(c1)-c1nn(CCCN(C)C)c3ccc([N+](=O)[O-])c(c13)N2.CS(=O)(=O)O. The molecule has 2 N–H and O–H groups in total. The first-order valence-electron chi connectivity index (χ1n) is 10.4. The highest BCUT2D eigenvalue weighted by Crippen LogP contribution is 2.47. The molecule has 2 aromatic carbocycles. The van der Waals surface area contributed by atoms with Crippen molar-refractivity contribution in [3.05, 3.63) is 53.1 Å². The number of aromatic nitrogens is 2. The van der Waals surface area contributed by atoms with E-state index < -0.39 is 10.1 Å². The Bertz CT molecular complexity index is 1330. The van der Waals surface area contributed by atoms with Crippen molar-refractivity contribution < 1.29 is 22.6 Å². The normalized spacial score (nSPS) is 11.9. The van der Waals surface area contributed by atoms with E-state index >= 15 is 0 Å². The van der Waals surface area contributed by atoms with Crippen LogP contribution in [0.25, 0.3) is 22.2 Å². The second kappa shape index (κ2) is 10.2. The zero-order valence-electron chi connectivity index (χ0n) is 19.2. The number of ether oxygens (including phenoxy) is 1. The van der Waals surface area contributed by atoms with E-state index in [1.165, 1.54) is 0 Å². The summed E-state index contributed by atoms with van der Waals surface area (Å²) in [6.45, 7) is 5.75. The molecule has 4 rings (SSSR count). The van der Waals surface area contributed by atoms with Crippen LogP contribution in [-0.2, 0) is 16.7 Å². The molecule has 1 aliphatic rings. The molecule has 0 amide bonds. The Morgan fingerprint density at radius 1 is 1.32 bits per heavy atom. The standard InChI is InChI=1S/C21H23N5O3.CH4O3S/c1-4-12-29-14-6-7-16-15(13-14)20-19-17(25(23-20)11-5-10-24(2)3)8-9-18(26(27)28)21(19)22-16;1-5(2,3)4/h4,6-9,13,22H,1,5,10-12H2,2-3H3;1H3,(H,2,3,4). The van der Waals surface area contributed by atoms with Crippen LogP contribution in [0.1, 0.15) is 6.42 Å². The summed E-state index contributed by atoms with van der Waals surface area (Å²) in [4.78, 5) is 13.4. The van der Waals surface area contributed by atoms with E-state index in [2.05, 4.69) is 16.8 Å². The van der Waals surface area contributed by atoms with Gasteiger partial charge in [0.2, 0.25) is 0 Å². The minimum atomic E-state index is -3.67.